The van der Waals surface area contributed by atoms with E-state index in [-0.39, 0.29) is 18.0 Å². The minimum Gasteiger partial charge on any atom is -0.352 e. The number of hydrogen-bond donors (Lipinski definition) is 2. The van der Waals surface area contributed by atoms with E-state index in [1.54, 1.807) is 0 Å². The summed E-state index contributed by atoms with van der Waals surface area (Å²) in [5.41, 5.74) is 9.61. The second-order valence-corrected chi connectivity index (χ2v) is 4.63. The molecule has 1 amide bonds. The zero-order chi connectivity index (χ0) is 11.9. The molecular formula is C12H19N3O. The fourth-order valence-corrected chi connectivity index (χ4v) is 2.32. The van der Waals surface area contributed by atoms with Crippen molar-refractivity contribution in [2.24, 2.45) is 12.8 Å². The van der Waals surface area contributed by atoms with Crippen molar-refractivity contribution >= 4 is 5.91 Å². The fraction of sp³-hybridized carbons (Fsp3) is 0.583. The summed E-state index contributed by atoms with van der Waals surface area (Å²) in [4.78, 5) is 11.4. The van der Waals surface area contributed by atoms with Gasteiger partial charge in [0.2, 0.25) is 5.91 Å². The van der Waals surface area contributed by atoms with E-state index in [0.717, 1.165) is 12.0 Å². The third-order valence-electron chi connectivity index (χ3n) is 3.60. The van der Waals surface area contributed by atoms with Crippen LogP contribution in [0.3, 0.4) is 0 Å². The minimum atomic E-state index is -0.0267. The van der Waals surface area contributed by atoms with E-state index < -0.39 is 0 Å². The predicted molar refractivity (Wildman–Crippen MR) is 63.0 cm³/mol. The first-order chi connectivity index (χ1) is 7.50. The van der Waals surface area contributed by atoms with Crippen molar-refractivity contribution in [1.29, 1.82) is 0 Å². The molecule has 4 nitrogen and oxygen atoms in total. The van der Waals surface area contributed by atoms with Gasteiger partial charge in [-0.1, -0.05) is 0 Å². The van der Waals surface area contributed by atoms with E-state index in [0.29, 0.717) is 6.42 Å². The molecule has 1 aromatic rings. The molecule has 1 aromatic heterocycles. The summed E-state index contributed by atoms with van der Waals surface area (Å²) < 4.78 is 2.13. The number of carbonyl (C=O) groups is 1. The lowest BCUT2D eigenvalue weighted by atomic mass is 9.93. The second-order valence-electron chi connectivity index (χ2n) is 4.63. The van der Waals surface area contributed by atoms with E-state index in [2.05, 4.69) is 29.8 Å². The van der Waals surface area contributed by atoms with Crippen LogP contribution in [0.15, 0.2) is 6.07 Å². The molecule has 2 heterocycles. The van der Waals surface area contributed by atoms with Gasteiger partial charge in [-0.3, -0.25) is 4.79 Å². The van der Waals surface area contributed by atoms with E-state index in [1.807, 2.05) is 7.05 Å². The first kappa shape index (κ1) is 11.2. The summed E-state index contributed by atoms with van der Waals surface area (Å²) in [5.74, 6) is 0.104. The molecule has 0 unspecified atom stereocenters. The average Bonchev–Trinajstić information content (AvgIpc) is 2.50. The zero-order valence-electron chi connectivity index (χ0n) is 10.1. The molecule has 3 N–H and O–H groups in total. The van der Waals surface area contributed by atoms with E-state index in [9.17, 15) is 4.79 Å². The van der Waals surface area contributed by atoms with Crippen LogP contribution >= 0.6 is 0 Å². The third kappa shape index (κ3) is 1.73. The molecule has 1 aliphatic heterocycles. The van der Waals surface area contributed by atoms with Gasteiger partial charge in [0, 0.05) is 30.9 Å². The number of amides is 1. The van der Waals surface area contributed by atoms with Crippen LogP contribution in [0.1, 0.15) is 35.8 Å². The maximum atomic E-state index is 11.4. The van der Waals surface area contributed by atoms with Crippen molar-refractivity contribution in [3.63, 3.8) is 0 Å². The number of nitrogens with zero attached hydrogens (tertiary/aromatic N) is 1. The van der Waals surface area contributed by atoms with Crippen LogP contribution in [-0.4, -0.2) is 16.5 Å². The van der Waals surface area contributed by atoms with Gasteiger partial charge in [0.25, 0.3) is 0 Å². The smallest absolute Gasteiger partial charge is 0.220 e. The van der Waals surface area contributed by atoms with Crippen LogP contribution in [0.5, 0.6) is 0 Å². The van der Waals surface area contributed by atoms with Gasteiger partial charge < -0.3 is 15.6 Å². The molecule has 0 aromatic carbocycles. The predicted octanol–water partition coefficient (Wildman–Crippen LogP) is 0.920. The van der Waals surface area contributed by atoms with Gasteiger partial charge in [-0.05, 0) is 31.9 Å². The maximum Gasteiger partial charge on any atom is 0.220 e. The van der Waals surface area contributed by atoms with Gasteiger partial charge in [-0.25, -0.2) is 0 Å². The largest absolute Gasteiger partial charge is 0.352 e. The summed E-state index contributed by atoms with van der Waals surface area (Å²) >= 11 is 0. The molecule has 1 fully saturated rings. The van der Waals surface area contributed by atoms with Crippen LogP contribution in [0.4, 0.5) is 0 Å². The Morgan fingerprint density at radius 2 is 2.19 bits per heavy atom. The molecule has 2 rings (SSSR count). The molecular weight excluding hydrogens is 202 g/mol. The molecule has 0 radical (unpaired) electrons. The van der Waals surface area contributed by atoms with Crippen molar-refractivity contribution < 1.29 is 4.79 Å². The highest BCUT2D eigenvalue weighted by atomic mass is 16.1. The zero-order valence-corrected chi connectivity index (χ0v) is 10.1. The first-order valence-electron chi connectivity index (χ1n) is 5.68. The van der Waals surface area contributed by atoms with Crippen molar-refractivity contribution in [3.05, 3.63) is 23.0 Å². The highest BCUT2D eigenvalue weighted by Crippen LogP contribution is 2.27. The van der Waals surface area contributed by atoms with Gasteiger partial charge in [0.05, 0.1) is 6.04 Å². The Morgan fingerprint density at radius 1 is 1.50 bits per heavy atom. The monoisotopic (exact) mass is 221 g/mol. The molecule has 4 heteroatoms. The number of aryl methyl sites for hydroxylation is 1. The lowest BCUT2D eigenvalue weighted by molar-refractivity contribution is -0.123. The molecule has 88 valence electrons. The van der Waals surface area contributed by atoms with Crippen molar-refractivity contribution in [2.45, 2.75) is 38.8 Å². The van der Waals surface area contributed by atoms with Gasteiger partial charge in [-0.15, -0.1) is 0 Å². The summed E-state index contributed by atoms with van der Waals surface area (Å²) in [7, 11) is 2.03. The Morgan fingerprint density at radius 3 is 2.75 bits per heavy atom. The summed E-state index contributed by atoms with van der Waals surface area (Å²) in [5, 5.41) is 2.99. The van der Waals surface area contributed by atoms with Crippen LogP contribution < -0.4 is 11.1 Å². The van der Waals surface area contributed by atoms with E-state index >= 15 is 0 Å². The molecule has 0 saturated carbocycles. The quantitative estimate of drug-likeness (QED) is 0.741. The molecule has 0 bridgehead atoms. The normalized spacial score (nSPS) is 25.6. The summed E-state index contributed by atoms with van der Waals surface area (Å²) in [6, 6.07) is 2.12. The number of carbonyl (C=O) groups excluding carboxylic acids is 1. The van der Waals surface area contributed by atoms with Crippen molar-refractivity contribution in [2.75, 3.05) is 0 Å². The SMILES string of the molecule is Cc1cc([C@@H]2NC(=O)CC[C@H]2N)c(C)n1C. The van der Waals surface area contributed by atoms with Gasteiger partial charge in [0.1, 0.15) is 0 Å². The summed E-state index contributed by atoms with van der Waals surface area (Å²) in [6.07, 6.45) is 1.31. The van der Waals surface area contributed by atoms with Crippen molar-refractivity contribution in [1.82, 2.24) is 9.88 Å². The van der Waals surface area contributed by atoms with Gasteiger partial charge in [0.15, 0.2) is 0 Å². The lowest BCUT2D eigenvalue weighted by Gasteiger charge is -2.29. The fourth-order valence-electron chi connectivity index (χ4n) is 2.32. The number of nitrogens with one attached hydrogen (secondary N) is 1. The van der Waals surface area contributed by atoms with Gasteiger partial charge in [-0.2, -0.15) is 0 Å². The molecule has 16 heavy (non-hydrogen) atoms. The minimum absolute atomic E-state index is 0.0261. The molecule has 2 atom stereocenters. The van der Waals surface area contributed by atoms with Crippen LogP contribution in [-0.2, 0) is 11.8 Å². The van der Waals surface area contributed by atoms with Crippen LogP contribution in [0.25, 0.3) is 0 Å². The Labute approximate surface area is 95.8 Å². The Balaban J connectivity index is 2.35. The standard InChI is InChI=1S/C12H19N3O/c1-7-6-9(8(2)15(7)3)12-10(13)4-5-11(16)14-12/h6,10,12H,4-5,13H2,1-3H3,(H,14,16)/t10-,12+/m1/s1. The highest BCUT2D eigenvalue weighted by Gasteiger charge is 2.29. The Kier molecular flexibility index (Phi) is 2.76. The first-order valence-corrected chi connectivity index (χ1v) is 5.68. The van der Waals surface area contributed by atoms with Crippen LogP contribution in [0, 0.1) is 13.8 Å². The third-order valence-corrected chi connectivity index (χ3v) is 3.60. The molecule has 1 aliphatic rings. The van der Waals surface area contributed by atoms with E-state index in [1.165, 1.54) is 11.4 Å². The second kappa shape index (κ2) is 3.94. The number of nitrogens with two attached hydrogens (primary N) is 1. The number of rotatable bonds is 1. The molecule has 1 saturated heterocycles. The topological polar surface area (TPSA) is 60.1 Å². The number of aromatic nitrogens is 1. The van der Waals surface area contributed by atoms with E-state index in [4.69, 9.17) is 5.73 Å². The van der Waals surface area contributed by atoms with Crippen LogP contribution in [0.2, 0.25) is 0 Å². The molecule has 0 spiro atoms. The lowest BCUT2D eigenvalue weighted by Crippen LogP contribution is -2.45. The van der Waals surface area contributed by atoms with Gasteiger partial charge >= 0.3 is 0 Å². The number of hydrogen-bond acceptors (Lipinski definition) is 2. The summed E-state index contributed by atoms with van der Waals surface area (Å²) in [6.45, 7) is 4.13. The molecule has 0 aliphatic carbocycles. The van der Waals surface area contributed by atoms with Crippen molar-refractivity contribution in [3.8, 4) is 0 Å². The Hall–Kier alpha value is -1.29. The number of piperidine rings is 1. The Bertz CT molecular complexity index is 422. The average molecular weight is 221 g/mol. The highest BCUT2D eigenvalue weighted by molar-refractivity contribution is 5.77. The maximum absolute atomic E-state index is 11.4.